The second-order valence-electron chi connectivity index (χ2n) is 3.77. The Labute approximate surface area is 113 Å². The van der Waals surface area contributed by atoms with Crippen molar-refractivity contribution in [2.45, 2.75) is 25.9 Å². The van der Waals surface area contributed by atoms with E-state index in [2.05, 4.69) is 57.8 Å². The fourth-order valence-electron chi connectivity index (χ4n) is 1.52. The summed E-state index contributed by atoms with van der Waals surface area (Å²) < 4.78 is 1.20. The van der Waals surface area contributed by atoms with E-state index in [1.165, 1.54) is 13.5 Å². The van der Waals surface area contributed by atoms with Gasteiger partial charge in [0.25, 0.3) is 0 Å². The molecule has 1 nitrogen and oxygen atoms in total. The Bertz CT molecular complexity index is 422. The van der Waals surface area contributed by atoms with Gasteiger partial charge in [-0.25, -0.2) is 0 Å². The minimum atomic E-state index is 0.527. The van der Waals surface area contributed by atoms with E-state index in [1.807, 2.05) is 11.3 Å². The third-order valence-corrected chi connectivity index (χ3v) is 4.86. The number of hydrogen-bond acceptors (Lipinski definition) is 3. The number of rotatable bonds is 5. The largest absolute Gasteiger partial charge is 0.309 e. The van der Waals surface area contributed by atoms with E-state index < -0.39 is 0 Å². The molecular formula is C12H14BrNS2. The molecule has 0 saturated carbocycles. The van der Waals surface area contributed by atoms with Crippen LogP contribution in [0, 0.1) is 0 Å². The molecule has 1 atom stereocenters. The quantitative estimate of drug-likeness (QED) is 0.867. The zero-order valence-electron chi connectivity index (χ0n) is 9.07. The summed E-state index contributed by atoms with van der Waals surface area (Å²) in [5, 5.41) is 5.68. The third-order valence-electron chi connectivity index (χ3n) is 2.34. The van der Waals surface area contributed by atoms with Crippen molar-refractivity contribution >= 4 is 38.6 Å². The molecule has 2 aromatic heterocycles. The summed E-state index contributed by atoms with van der Waals surface area (Å²) in [5.74, 6) is 0. The van der Waals surface area contributed by atoms with Gasteiger partial charge < -0.3 is 5.32 Å². The van der Waals surface area contributed by atoms with Crippen LogP contribution < -0.4 is 5.32 Å². The Hall–Kier alpha value is -0.160. The van der Waals surface area contributed by atoms with Gasteiger partial charge in [0.2, 0.25) is 0 Å². The summed E-state index contributed by atoms with van der Waals surface area (Å²) in [7, 11) is 0. The van der Waals surface area contributed by atoms with Crippen molar-refractivity contribution in [2.24, 2.45) is 0 Å². The first kappa shape index (κ1) is 12.3. The number of halogens is 1. The van der Waals surface area contributed by atoms with E-state index in [-0.39, 0.29) is 0 Å². The first-order valence-electron chi connectivity index (χ1n) is 5.24. The summed E-state index contributed by atoms with van der Waals surface area (Å²) in [4.78, 5) is 2.83. The first-order chi connectivity index (χ1) is 7.74. The molecule has 16 heavy (non-hydrogen) atoms. The molecule has 0 amide bonds. The zero-order chi connectivity index (χ0) is 11.4. The molecule has 4 heteroatoms. The molecule has 2 rings (SSSR count). The van der Waals surface area contributed by atoms with Gasteiger partial charge in [-0.15, -0.1) is 22.7 Å². The van der Waals surface area contributed by atoms with E-state index >= 15 is 0 Å². The predicted octanol–water partition coefficient (Wildman–Crippen LogP) is 4.29. The molecule has 0 spiro atoms. The summed E-state index contributed by atoms with van der Waals surface area (Å²) >= 11 is 7.11. The fraction of sp³-hybridized carbons (Fsp3) is 0.333. The second-order valence-corrected chi connectivity index (χ2v) is 7.35. The Balaban J connectivity index is 1.77. The molecule has 2 heterocycles. The van der Waals surface area contributed by atoms with Gasteiger partial charge >= 0.3 is 0 Å². The highest BCUT2D eigenvalue weighted by Gasteiger charge is 2.04. The van der Waals surface area contributed by atoms with Gasteiger partial charge in [0, 0.05) is 22.3 Å². The average Bonchev–Trinajstić information content (AvgIpc) is 2.87. The lowest BCUT2D eigenvalue weighted by Gasteiger charge is -2.11. The minimum Gasteiger partial charge on any atom is -0.309 e. The van der Waals surface area contributed by atoms with E-state index in [0.29, 0.717) is 6.04 Å². The highest BCUT2D eigenvalue weighted by atomic mass is 79.9. The summed E-state index contributed by atoms with van der Waals surface area (Å²) in [6.07, 6.45) is 1.12. The van der Waals surface area contributed by atoms with Crippen LogP contribution in [0.3, 0.4) is 0 Å². The maximum absolute atomic E-state index is 3.55. The van der Waals surface area contributed by atoms with Crippen molar-refractivity contribution in [1.29, 1.82) is 0 Å². The van der Waals surface area contributed by atoms with Gasteiger partial charge in [0.1, 0.15) is 0 Å². The second kappa shape index (κ2) is 5.96. The van der Waals surface area contributed by atoms with Crippen LogP contribution in [-0.2, 0) is 13.0 Å². The summed E-state index contributed by atoms with van der Waals surface area (Å²) in [6.45, 7) is 3.20. The van der Waals surface area contributed by atoms with Crippen molar-refractivity contribution in [1.82, 2.24) is 5.32 Å². The molecular weight excluding hydrogens is 302 g/mol. The average molecular weight is 316 g/mol. The van der Waals surface area contributed by atoms with E-state index in [9.17, 15) is 0 Å². The highest BCUT2D eigenvalue weighted by molar-refractivity contribution is 9.11. The lowest BCUT2D eigenvalue weighted by atomic mass is 10.2. The Morgan fingerprint density at radius 3 is 2.81 bits per heavy atom. The van der Waals surface area contributed by atoms with Gasteiger partial charge in [-0.2, -0.15) is 0 Å². The highest BCUT2D eigenvalue weighted by Crippen LogP contribution is 2.22. The lowest BCUT2D eigenvalue weighted by Crippen LogP contribution is -2.26. The number of thiophene rings is 2. The molecule has 2 aromatic rings. The molecule has 1 unspecified atom stereocenters. The van der Waals surface area contributed by atoms with Crippen LogP contribution in [0.2, 0.25) is 0 Å². The van der Waals surface area contributed by atoms with Crippen molar-refractivity contribution in [3.8, 4) is 0 Å². The number of nitrogens with one attached hydrogen (secondary N) is 1. The van der Waals surface area contributed by atoms with Crippen LogP contribution in [0.5, 0.6) is 0 Å². The summed E-state index contributed by atoms with van der Waals surface area (Å²) in [5.41, 5.74) is 0. The zero-order valence-corrected chi connectivity index (χ0v) is 12.3. The van der Waals surface area contributed by atoms with E-state index in [4.69, 9.17) is 0 Å². The van der Waals surface area contributed by atoms with Gasteiger partial charge in [0.05, 0.1) is 3.79 Å². The Morgan fingerprint density at radius 2 is 2.19 bits per heavy atom. The van der Waals surface area contributed by atoms with Crippen LogP contribution in [0.4, 0.5) is 0 Å². The fourth-order valence-corrected chi connectivity index (χ4v) is 3.79. The molecule has 0 aliphatic carbocycles. The van der Waals surface area contributed by atoms with Crippen LogP contribution in [-0.4, -0.2) is 6.04 Å². The van der Waals surface area contributed by atoms with Crippen molar-refractivity contribution in [3.63, 3.8) is 0 Å². The van der Waals surface area contributed by atoms with Gasteiger partial charge in [-0.05, 0) is 52.9 Å². The number of hydrogen-bond donors (Lipinski definition) is 1. The Kier molecular flexibility index (Phi) is 4.58. The first-order valence-corrected chi connectivity index (χ1v) is 7.73. The SMILES string of the molecule is CC(Cc1cccs1)NCc1ccc(Br)s1. The van der Waals surface area contributed by atoms with Gasteiger partial charge in [-0.3, -0.25) is 0 Å². The monoisotopic (exact) mass is 315 g/mol. The van der Waals surface area contributed by atoms with Crippen LogP contribution in [0.1, 0.15) is 16.7 Å². The lowest BCUT2D eigenvalue weighted by molar-refractivity contribution is 0.552. The molecule has 0 aromatic carbocycles. The smallest absolute Gasteiger partial charge is 0.0701 e. The normalized spacial score (nSPS) is 12.9. The molecule has 0 aliphatic rings. The molecule has 1 N–H and O–H groups in total. The Morgan fingerprint density at radius 1 is 1.31 bits per heavy atom. The van der Waals surface area contributed by atoms with Crippen molar-refractivity contribution in [3.05, 3.63) is 43.2 Å². The van der Waals surface area contributed by atoms with Crippen molar-refractivity contribution < 1.29 is 0 Å². The molecule has 0 saturated heterocycles. The molecule has 0 radical (unpaired) electrons. The summed E-state index contributed by atoms with van der Waals surface area (Å²) in [6, 6.07) is 9.11. The van der Waals surface area contributed by atoms with E-state index in [0.717, 1.165) is 13.0 Å². The van der Waals surface area contributed by atoms with Gasteiger partial charge in [-0.1, -0.05) is 6.07 Å². The molecule has 86 valence electrons. The van der Waals surface area contributed by atoms with Crippen molar-refractivity contribution in [2.75, 3.05) is 0 Å². The maximum atomic E-state index is 3.55. The molecule has 0 aliphatic heterocycles. The maximum Gasteiger partial charge on any atom is 0.0701 e. The minimum absolute atomic E-state index is 0.527. The molecule has 0 bridgehead atoms. The van der Waals surface area contributed by atoms with E-state index in [1.54, 1.807) is 11.3 Å². The van der Waals surface area contributed by atoms with Crippen LogP contribution >= 0.6 is 38.6 Å². The predicted molar refractivity (Wildman–Crippen MR) is 76.3 cm³/mol. The topological polar surface area (TPSA) is 12.0 Å². The molecule has 0 fully saturated rings. The standard InChI is InChI=1S/C12H14BrNS2/c1-9(7-10-3-2-6-15-10)14-8-11-4-5-12(13)16-11/h2-6,9,14H,7-8H2,1H3. The van der Waals surface area contributed by atoms with Crippen LogP contribution in [0.15, 0.2) is 33.4 Å². The van der Waals surface area contributed by atoms with Crippen LogP contribution in [0.25, 0.3) is 0 Å². The third kappa shape index (κ3) is 3.70. The van der Waals surface area contributed by atoms with Gasteiger partial charge in [0.15, 0.2) is 0 Å².